The Morgan fingerprint density at radius 2 is 1.85 bits per heavy atom. The van der Waals surface area contributed by atoms with Gasteiger partial charge in [0.1, 0.15) is 0 Å². The van der Waals surface area contributed by atoms with Gasteiger partial charge in [0, 0.05) is 12.0 Å². The van der Waals surface area contributed by atoms with E-state index < -0.39 is 0 Å². The fourth-order valence-corrected chi connectivity index (χ4v) is 3.40. The third kappa shape index (κ3) is 4.09. The maximum atomic E-state index is 3.80. The molecule has 0 radical (unpaired) electrons. The molecule has 0 spiro atoms. The van der Waals surface area contributed by atoms with Crippen LogP contribution in [0, 0.1) is 0 Å². The van der Waals surface area contributed by atoms with Gasteiger partial charge in [0.15, 0.2) is 0 Å². The second-order valence-corrected chi connectivity index (χ2v) is 6.27. The van der Waals surface area contributed by atoms with Crippen molar-refractivity contribution in [3.63, 3.8) is 0 Å². The lowest BCUT2D eigenvalue weighted by Gasteiger charge is -2.37. The highest BCUT2D eigenvalue weighted by atomic mass is 14.9. The molecule has 20 heavy (non-hydrogen) atoms. The van der Waals surface area contributed by atoms with Crippen molar-refractivity contribution in [2.24, 2.45) is 0 Å². The molecule has 0 bridgehead atoms. The summed E-state index contributed by atoms with van der Waals surface area (Å²) in [5, 5.41) is 3.80. The Bertz CT molecular complexity index is 385. The molecule has 1 nitrogen and oxygen atoms in total. The van der Waals surface area contributed by atoms with Gasteiger partial charge in [-0.25, -0.2) is 0 Å². The minimum Gasteiger partial charge on any atom is -0.313 e. The molecule has 0 aromatic heterocycles. The summed E-state index contributed by atoms with van der Waals surface area (Å²) in [5.41, 5.74) is 3.18. The van der Waals surface area contributed by atoms with Gasteiger partial charge in [-0.15, -0.1) is 0 Å². The first-order chi connectivity index (χ1) is 9.86. The number of rotatable bonds is 10. The first-order valence-corrected chi connectivity index (χ1v) is 8.68. The van der Waals surface area contributed by atoms with Crippen LogP contribution in [0.25, 0.3) is 0 Å². The fourth-order valence-electron chi connectivity index (χ4n) is 3.40. The third-order valence-corrected chi connectivity index (χ3v) is 4.66. The van der Waals surface area contributed by atoms with Crippen LogP contribution < -0.4 is 5.32 Å². The second kappa shape index (κ2) is 8.46. The van der Waals surface area contributed by atoms with E-state index in [1.165, 1.54) is 51.4 Å². The molecule has 0 aliphatic heterocycles. The van der Waals surface area contributed by atoms with Gasteiger partial charge >= 0.3 is 0 Å². The largest absolute Gasteiger partial charge is 0.313 e. The predicted octanol–water partition coefficient (Wildman–Crippen LogP) is 5.06. The topological polar surface area (TPSA) is 12.0 Å². The SMILES string of the molecule is CCCCCCCC(NCCC)C1Cc2ccccc21. The highest BCUT2D eigenvalue weighted by molar-refractivity contribution is 5.41. The molecule has 1 N–H and O–H groups in total. The van der Waals surface area contributed by atoms with E-state index in [9.17, 15) is 0 Å². The van der Waals surface area contributed by atoms with Gasteiger partial charge < -0.3 is 5.32 Å². The number of hydrogen-bond acceptors (Lipinski definition) is 1. The first-order valence-electron chi connectivity index (χ1n) is 8.68. The summed E-state index contributed by atoms with van der Waals surface area (Å²) < 4.78 is 0. The van der Waals surface area contributed by atoms with Gasteiger partial charge in [-0.2, -0.15) is 0 Å². The Hall–Kier alpha value is -0.820. The average molecular weight is 273 g/mol. The summed E-state index contributed by atoms with van der Waals surface area (Å²) in [6.07, 6.45) is 10.8. The molecule has 0 heterocycles. The highest BCUT2D eigenvalue weighted by Gasteiger charge is 2.31. The molecular formula is C19H31N. The Morgan fingerprint density at radius 1 is 1.05 bits per heavy atom. The number of benzene rings is 1. The summed E-state index contributed by atoms with van der Waals surface area (Å²) >= 11 is 0. The van der Waals surface area contributed by atoms with Crippen molar-refractivity contribution in [2.75, 3.05) is 6.54 Å². The van der Waals surface area contributed by atoms with E-state index in [-0.39, 0.29) is 0 Å². The lowest BCUT2D eigenvalue weighted by atomic mass is 9.72. The second-order valence-electron chi connectivity index (χ2n) is 6.27. The maximum absolute atomic E-state index is 3.80. The van der Waals surface area contributed by atoms with Crippen molar-refractivity contribution >= 4 is 0 Å². The van der Waals surface area contributed by atoms with E-state index in [1.54, 1.807) is 11.1 Å². The molecule has 112 valence electrons. The van der Waals surface area contributed by atoms with Crippen LogP contribution in [0.15, 0.2) is 24.3 Å². The first kappa shape index (κ1) is 15.6. The summed E-state index contributed by atoms with van der Waals surface area (Å²) in [6, 6.07) is 9.70. The van der Waals surface area contributed by atoms with Gasteiger partial charge in [-0.1, -0.05) is 70.2 Å². The van der Waals surface area contributed by atoms with Crippen LogP contribution in [0.1, 0.15) is 75.8 Å². The molecule has 1 aromatic carbocycles. The van der Waals surface area contributed by atoms with Gasteiger partial charge in [-0.05, 0) is 36.9 Å². The van der Waals surface area contributed by atoms with Crippen LogP contribution in [0.3, 0.4) is 0 Å². The minimum atomic E-state index is 0.700. The van der Waals surface area contributed by atoms with Crippen molar-refractivity contribution in [1.29, 1.82) is 0 Å². The van der Waals surface area contributed by atoms with Crippen molar-refractivity contribution < 1.29 is 0 Å². The molecule has 1 aromatic rings. The summed E-state index contributed by atoms with van der Waals surface area (Å²) in [4.78, 5) is 0. The zero-order valence-electron chi connectivity index (χ0n) is 13.3. The minimum absolute atomic E-state index is 0.700. The van der Waals surface area contributed by atoms with E-state index in [4.69, 9.17) is 0 Å². The predicted molar refractivity (Wildman–Crippen MR) is 88.3 cm³/mol. The van der Waals surface area contributed by atoms with Crippen LogP contribution >= 0.6 is 0 Å². The molecule has 0 fully saturated rings. The number of fused-ring (bicyclic) bond motifs is 1. The molecule has 2 unspecified atom stereocenters. The van der Waals surface area contributed by atoms with Gasteiger partial charge in [0.05, 0.1) is 0 Å². The molecule has 0 saturated carbocycles. The highest BCUT2D eigenvalue weighted by Crippen LogP contribution is 2.38. The summed E-state index contributed by atoms with van der Waals surface area (Å²) in [6.45, 7) is 5.72. The normalized spacial score (nSPS) is 18.4. The number of unbranched alkanes of at least 4 members (excludes halogenated alkanes) is 4. The Labute approximate surface area is 125 Å². The zero-order valence-corrected chi connectivity index (χ0v) is 13.3. The zero-order chi connectivity index (χ0) is 14.2. The molecule has 2 atom stereocenters. The van der Waals surface area contributed by atoms with Crippen LogP contribution in [0.5, 0.6) is 0 Å². The monoisotopic (exact) mass is 273 g/mol. The van der Waals surface area contributed by atoms with E-state index in [1.807, 2.05) is 0 Å². The van der Waals surface area contributed by atoms with Crippen LogP contribution in [0.4, 0.5) is 0 Å². The lowest BCUT2D eigenvalue weighted by molar-refractivity contribution is 0.366. The maximum Gasteiger partial charge on any atom is 0.0139 e. The van der Waals surface area contributed by atoms with Gasteiger partial charge in [-0.3, -0.25) is 0 Å². The van der Waals surface area contributed by atoms with Crippen molar-refractivity contribution in [1.82, 2.24) is 5.32 Å². The average Bonchev–Trinajstić information content (AvgIpc) is 2.45. The summed E-state index contributed by atoms with van der Waals surface area (Å²) in [5.74, 6) is 0.768. The number of hydrogen-bond donors (Lipinski definition) is 1. The smallest absolute Gasteiger partial charge is 0.0139 e. The Morgan fingerprint density at radius 3 is 2.60 bits per heavy atom. The van der Waals surface area contributed by atoms with Crippen LogP contribution in [-0.4, -0.2) is 12.6 Å². The van der Waals surface area contributed by atoms with E-state index in [0.29, 0.717) is 6.04 Å². The molecule has 2 rings (SSSR count). The van der Waals surface area contributed by atoms with E-state index in [0.717, 1.165) is 12.5 Å². The van der Waals surface area contributed by atoms with Gasteiger partial charge in [0.25, 0.3) is 0 Å². The van der Waals surface area contributed by atoms with E-state index >= 15 is 0 Å². The van der Waals surface area contributed by atoms with Crippen molar-refractivity contribution in [3.05, 3.63) is 35.4 Å². The molecule has 1 aliphatic carbocycles. The molecule has 0 saturated heterocycles. The molecule has 1 aliphatic rings. The Kier molecular flexibility index (Phi) is 6.59. The van der Waals surface area contributed by atoms with Crippen LogP contribution in [0.2, 0.25) is 0 Å². The quantitative estimate of drug-likeness (QED) is 0.588. The standard InChI is InChI=1S/C19H31N/c1-3-5-6-7-8-13-19(20-14-4-2)18-15-16-11-9-10-12-17(16)18/h9-12,18-20H,3-8,13-15H2,1-2H3. The van der Waals surface area contributed by atoms with Crippen LogP contribution in [-0.2, 0) is 6.42 Å². The molecule has 0 amide bonds. The van der Waals surface area contributed by atoms with Crippen molar-refractivity contribution in [2.45, 2.75) is 77.2 Å². The lowest BCUT2D eigenvalue weighted by Crippen LogP contribution is -2.40. The third-order valence-electron chi connectivity index (χ3n) is 4.66. The fraction of sp³-hybridized carbons (Fsp3) is 0.684. The molecule has 1 heteroatoms. The van der Waals surface area contributed by atoms with Crippen molar-refractivity contribution in [3.8, 4) is 0 Å². The molecular weight excluding hydrogens is 242 g/mol. The Balaban J connectivity index is 1.82. The summed E-state index contributed by atoms with van der Waals surface area (Å²) in [7, 11) is 0. The number of nitrogens with one attached hydrogen (secondary N) is 1. The van der Waals surface area contributed by atoms with Gasteiger partial charge in [0.2, 0.25) is 0 Å². The van der Waals surface area contributed by atoms with E-state index in [2.05, 4.69) is 43.4 Å².